The summed E-state index contributed by atoms with van der Waals surface area (Å²) in [4.78, 5) is 0. The molecule has 0 spiro atoms. The van der Waals surface area contributed by atoms with Gasteiger partial charge in [0.2, 0.25) is 0 Å². The topological polar surface area (TPSA) is 85.1 Å². The average Bonchev–Trinajstić information content (AvgIpc) is 2.24. The van der Waals surface area contributed by atoms with Crippen molar-refractivity contribution < 1.29 is 9.13 Å². The first-order chi connectivity index (χ1) is 7.27. The van der Waals surface area contributed by atoms with Crippen molar-refractivity contribution in [2.75, 3.05) is 0 Å². The van der Waals surface area contributed by atoms with Crippen molar-refractivity contribution >= 4 is 18.7 Å². The molecule has 2 radical (unpaired) electrons. The molecule has 8 nitrogen and oxygen atoms in total. The van der Waals surface area contributed by atoms with Gasteiger partial charge in [-0.1, -0.05) is 7.28 Å². The Bertz CT molecular complexity index is 431. The summed E-state index contributed by atoms with van der Waals surface area (Å²) >= 11 is 0. The fourth-order valence-electron chi connectivity index (χ4n) is 0.981. The molecule has 0 atom stereocenters. The molecule has 9 heteroatoms. The second kappa shape index (κ2) is 3.99. The lowest BCUT2D eigenvalue weighted by Gasteiger charge is -2.07. The van der Waals surface area contributed by atoms with Crippen molar-refractivity contribution in [1.82, 2.24) is 30.8 Å². The molecular weight excluding hydrogens is 195 g/mol. The Morgan fingerprint density at radius 2 is 1.40 bits per heavy atom. The fourth-order valence-corrected chi connectivity index (χ4v) is 0.981. The van der Waals surface area contributed by atoms with E-state index in [0.29, 0.717) is 11.4 Å². The smallest absolute Gasteiger partial charge is 0.252 e. The summed E-state index contributed by atoms with van der Waals surface area (Å²) in [5, 5.41) is 22.1. The van der Waals surface area contributed by atoms with E-state index in [9.17, 15) is 0 Å². The Hall–Kier alpha value is -2.06. The summed E-state index contributed by atoms with van der Waals surface area (Å²) in [6, 6.07) is 0. The first-order valence-electron chi connectivity index (χ1n) is 4.20. The zero-order valence-electron chi connectivity index (χ0n) is 8.31. The van der Waals surface area contributed by atoms with Crippen LogP contribution in [0.4, 0.5) is 0 Å². The average molecular weight is 203 g/mol. The Kier molecular flexibility index (Phi) is 2.52. The summed E-state index contributed by atoms with van der Waals surface area (Å²) in [6.07, 6.45) is 3.13. The molecule has 0 saturated carbocycles. The van der Waals surface area contributed by atoms with Crippen molar-refractivity contribution in [2.45, 2.75) is 0 Å². The molecule has 0 aliphatic heterocycles. The molecule has 0 N–H and O–H groups in total. The van der Waals surface area contributed by atoms with Gasteiger partial charge in [-0.05, 0) is 10.2 Å². The van der Waals surface area contributed by atoms with Crippen LogP contribution in [0.1, 0.15) is 0 Å². The molecule has 0 bridgehead atoms. The zero-order chi connectivity index (χ0) is 10.7. The van der Waals surface area contributed by atoms with Gasteiger partial charge in [-0.2, -0.15) is 0 Å². The lowest BCUT2D eigenvalue weighted by Crippen LogP contribution is -2.62. The molecule has 0 amide bonds. The zero-order valence-corrected chi connectivity index (χ0v) is 8.31. The third kappa shape index (κ3) is 2.06. The van der Waals surface area contributed by atoms with E-state index in [2.05, 4.69) is 30.8 Å². The highest BCUT2D eigenvalue weighted by Crippen LogP contribution is 1.57. The molecule has 0 aliphatic carbocycles. The van der Waals surface area contributed by atoms with Gasteiger partial charge in [-0.15, -0.1) is 0 Å². The Morgan fingerprint density at radius 1 is 0.933 bits per heavy atom. The van der Waals surface area contributed by atoms with Gasteiger partial charge in [0.05, 0.1) is 14.1 Å². The van der Waals surface area contributed by atoms with Crippen molar-refractivity contribution in [1.29, 1.82) is 0 Å². The molecule has 0 aliphatic rings. The van der Waals surface area contributed by atoms with Crippen LogP contribution in [0.2, 0.25) is 0 Å². The van der Waals surface area contributed by atoms with Gasteiger partial charge in [-0.25, -0.2) is 0 Å². The van der Waals surface area contributed by atoms with E-state index in [4.69, 9.17) is 0 Å². The predicted molar refractivity (Wildman–Crippen MR) is 47.0 cm³/mol. The highest BCUT2D eigenvalue weighted by atomic mass is 15.4. The largest absolute Gasteiger partial charge is 0.278 e. The first kappa shape index (κ1) is 9.50. The molecule has 2 rings (SSSR count). The van der Waals surface area contributed by atoms with Crippen molar-refractivity contribution in [3.63, 3.8) is 0 Å². The molecule has 0 saturated heterocycles. The van der Waals surface area contributed by atoms with Crippen LogP contribution < -0.4 is 20.6 Å². The summed E-state index contributed by atoms with van der Waals surface area (Å²) in [5.41, 5.74) is 1.28. The Labute approximate surface area is 86.3 Å². The van der Waals surface area contributed by atoms with Crippen LogP contribution in [-0.2, 0) is 14.1 Å². The molecule has 0 aromatic carbocycles. The number of nitrogens with zero attached hydrogens (tertiary/aromatic N) is 8. The van der Waals surface area contributed by atoms with E-state index in [0.717, 1.165) is 0 Å². The van der Waals surface area contributed by atoms with Gasteiger partial charge in [0, 0.05) is 21.6 Å². The monoisotopic (exact) mass is 203 g/mol. The standard InChI is InChI=1S/C6H8BN8/c1-14-3-8-12-10-5(14)7-6-11-13-9-4-15(6)2/h3-4H,1-2H3/q+1. The normalized spacial score (nSPS) is 10.3. The summed E-state index contributed by atoms with van der Waals surface area (Å²) in [6.45, 7) is 0. The number of rotatable bonds is 2. The number of hydrogen-bond donors (Lipinski definition) is 0. The maximum Gasteiger partial charge on any atom is 0.252 e. The molecule has 74 valence electrons. The molecule has 2 aromatic rings. The summed E-state index contributed by atoms with van der Waals surface area (Å²) in [7, 11) is 5.38. The third-order valence-corrected chi connectivity index (χ3v) is 1.83. The van der Waals surface area contributed by atoms with E-state index in [1.807, 2.05) is 14.1 Å². The van der Waals surface area contributed by atoms with E-state index >= 15 is 0 Å². The van der Waals surface area contributed by atoms with Crippen LogP contribution in [0.25, 0.3) is 0 Å². The number of aromatic nitrogens is 8. The van der Waals surface area contributed by atoms with E-state index in [-0.39, 0.29) is 0 Å². The molecule has 0 fully saturated rings. The second-order valence-electron chi connectivity index (χ2n) is 2.92. The Morgan fingerprint density at radius 3 is 1.80 bits per heavy atom. The van der Waals surface area contributed by atoms with Crippen molar-refractivity contribution in [3.8, 4) is 0 Å². The van der Waals surface area contributed by atoms with E-state index in [1.54, 1.807) is 29.1 Å². The van der Waals surface area contributed by atoms with Crippen LogP contribution in [0.15, 0.2) is 12.7 Å². The minimum atomic E-state index is 0.640. The summed E-state index contributed by atoms with van der Waals surface area (Å²) < 4.78 is 3.46. The molecule has 0 unspecified atom stereocenters. The lowest BCUT2D eigenvalue weighted by atomic mass is 9.76. The van der Waals surface area contributed by atoms with Crippen LogP contribution in [0.3, 0.4) is 0 Å². The Balaban J connectivity index is 2.30. The molecule has 15 heavy (non-hydrogen) atoms. The highest BCUT2D eigenvalue weighted by Gasteiger charge is 2.02. The van der Waals surface area contributed by atoms with Gasteiger partial charge >= 0.3 is 0 Å². The number of hydrogen-bond acceptors (Lipinski definition) is 6. The maximum absolute atomic E-state index is 3.86. The van der Waals surface area contributed by atoms with Crippen LogP contribution in [0, 0.1) is 0 Å². The second-order valence-corrected chi connectivity index (χ2v) is 2.92. The first-order valence-corrected chi connectivity index (χ1v) is 4.20. The van der Waals surface area contributed by atoms with E-state index in [1.165, 1.54) is 0 Å². The third-order valence-electron chi connectivity index (χ3n) is 1.83. The van der Waals surface area contributed by atoms with Gasteiger partial charge in [0.15, 0.2) is 0 Å². The molecule has 2 heterocycles. The van der Waals surface area contributed by atoms with Gasteiger partial charge < -0.3 is 0 Å². The number of aryl methyl sites for hydroxylation is 2. The van der Waals surface area contributed by atoms with Gasteiger partial charge in [0.25, 0.3) is 12.7 Å². The minimum Gasteiger partial charge on any atom is -0.278 e. The SMILES string of the molecule is C[n+]1cnnnc1[B-]c1nnnc[n+]1C. The fraction of sp³-hybridized carbons (Fsp3) is 0.333. The van der Waals surface area contributed by atoms with Crippen LogP contribution in [0.5, 0.6) is 0 Å². The quantitative estimate of drug-likeness (QED) is 0.360. The van der Waals surface area contributed by atoms with Gasteiger partial charge in [0.1, 0.15) is 10.4 Å². The van der Waals surface area contributed by atoms with E-state index < -0.39 is 0 Å². The van der Waals surface area contributed by atoms with Crippen LogP contribution >= 0.6 is 0 Å². The highest BCUT2D eigenvalue weighted by molar-refractivity contribution is 6.62. The van der Waals surface area contributed by atoms with Crippen molar-refractivity contribution in [2.24, 2.45) is 14.1 Å². The molecular formula is C6H8BN8+. The van der Waals surface area contributed by atoms with Gasteiger partial charge in [-0.3, -0.25) is 9.13 Å². The van der Waals surface area contributed by atoms with Crippen LogP contribution in [-0.4, -0.2) is 38.1 Å². The predicted octanol–water partition coefficient (Wildman–Crippen LogP) is -4.64. The summed E-state index contributed by atoms with van der Waals surface area (Å²) in [5.74, 6) is 0. The minimum absolute atomic E-state index is 0.640. The van der Waals surface area contributed by atoms with Crippen molar-refractivity contribution in [3.05, 3.63) is 12.7 Å². The maximum atomic E-state index is 3.86. The lowest BCUT2D eigenvalue weighted by molar-refractivity contribution is -0.665. The molecule has 2 aromatic heterocycles.